The van der Waals surface area contributed by atoms with E-state index in [1.54, 1.807) is 52.5 Å². The van der Waals surface area contributed by atoms with Crippen LogP contribution >= 0.6 is 11.6 Å². The van der Waals surface area contributed by atoms with Gasteiger partial charge in [0.1, 0.15) is 25.5 Å². The summed E-state index contributed by atoms with van der Waals surface area (Å²) in [5.41, 5.74) is 0.689. The van der Waals surface area contributed by atoms with Gasteiger partial charge in [-0.05, 0) is 49.2 Å². The molecule has 8 heteroatoms. The first-order chi connectivity index (χ1) is 14.5. The number of hydrogen-bond donors (Lipinski definition) is 0. The van der Waals surface area contributed by atoms with E-state index in [0.29, 0.717) is 16.5 Å². The van der Waals surface area contributed by atoms with Crippen molar-refractivity contribution in [3.8, 4) is 0 Å². The van der Waals surface area contributed by atoms with Crippen molar-refractivity contribution in [2.75, 3.05) is 24.7 Å². The van der Waals surface area contributed by atoms with Crippen LogP contribution in [0.4, 0.5) is 5.69 Å². The molecule has 0 N–H and O–H groups in total. The van der Waals surface area contributed by atoms with Crippen molar-refractivity contribution in [1.29, 1.82) is 0 Å². The second-order valence-corrected chi connectivity index (χ2v) is 8.22. The van der Waals surface area contributed by atoms with Gasteiger partial charge in [-0.1, -0.05) is 24.4 Å². The molecule has 0 radical (unpaired) electrons. The lowest BCUT2D eigenvalue weighted by Gasteiger charge is -2.26. The number of benzene rings is 1. The molecule has 1 saturated carbocycles. The average molecular weight is 430 g/mol. The molecule has 0 bridgehead atoms. The van der Waals surface area contributed by atoms with Gasteiger partial charge in [-0.2, -0.15) is 0 Å². The Balaban J connectivity index is 1.44. The Morgan fingerprint density at radius 3 is 2.53 bits per heavy atom. The van der Waals surface area contributed by atoms with Crippen LogP contribution in [-0.4, -0.2) is 47.3 Å². The fourth-order valence-corrected chi connectivity index (χ4v) is 4.18. The summed E-state index contributed by atoms with van der Waals surface area (Å²) in [6, 6.07) is 10.5. The Bertz CT molecular complexity index is 907. The highest BCUT2D eigenvalue weighted by molar-refractivity contribution is 6.30. The van der Waals surface area contributed by atoms with Gasteiger partial charge in [-0.3, -0.25) is 19.3 Å². The summed E-state index contributed by atoms with van der Waals surface area (Å²) >= 11 is 5.92. The van der Waals surface area contributed by atoms with Crippen LogP contribution in [0.3, 0.4) is 0 Å². The number of rotatable bonds is 6. The molecule has 7 nitrogen and oxygen atoms in total. The number of carbonyl (C=O) groups excluding carboxylic acids is 3. The fourth-order valence-electron chi connectivity index (χ4n) is 4.06. The third-order valence-electron chi connectivity index (χ3n) is 5.70. The highest BCUT2D eigenvalue weighted by atomic mass is 35.5. The standard InChI is InChI=1S/C22H24ClN3O4/c23-17-7-9-18(10-8-17)26-15-25(14-21(26)28)20(27)13-24(12-19-6-3-11-30-19)22(29)16-4-1-2-5-16/h3,6-11,16H,1-2,4-5,12-15H2. The Kier molecular flexibility index (Phi) is 6.08. The van der Waals surface area contributed by atoms with Crippen molar-refractivity contribution in [2.45, 2.75) is 32.2 Å². The SMILES string of the molecule is O=C(CN(Cc1ccco1)C(=O)C1CCCC1)N1CC(=O)N(c2ccc(Cl)cc2)C1. The van der Waals surface area contributed by atoms with Crippen molar-refractivity contribution in [1.82, 2.24) is 9.80 Å². The molecular formula is C22H24ClN3O4. The molecule has 3 amide bonds. The third-order valence-corrected chi connectivity index (χ3v) is 5.95. The molecular weight excluding hydrogens is 406 g/mol. The van der Waals surface area contributed by atoms with E-state index < -0.39 is 0 Å². The molecule has 2 heterocycles. The van der Waals surface area contributed by atoms with Gasteiger partial charge in [0.25, 0.3) is 0 Å². The number of amides is 3. The van der Waals surface area contributed by atoms with Crippen LogP contribution in [0.15, 0.2) is 47.1 Å². The molecule has 0 spiro atoms. The monoisotopic (exact) mass is 429 g/mol. The van der Waals surface area contributed by atoms with Crippen LogP contribution in [0.25, 0.3) is 0 Å². The molecule has 4 rings (SSSR count). The molecule has 2 fully saturated rings. The summed E-state index contributed by atoms with van der Waals surface area (Å²) in [5.74, 6) is 0.161. The predicted molar refractivity (Wildman–Crippen MR) is 112 cm³/mol. The van der Waals surface area contributed by atoms with Gasteiger partial charge in [-0.15, -0.1) is 0 Å². The molecule has 0 atom stereocenters. The van der Waals surface area contributed by atoms with Gasteiger partial charge < -0.3 is 14.2 Å². The van der Waals surface area contributed by atoms with Crippen LogP contribution in [0.1, 0.15) is 31.4 Å². The first kappa shape index (κ1) is 20.5. The molecule has 1 aliphatic carbocycles. The highest BCUT2D eigenvalue weighted by Crippen LogP contribution is 2.27. The minimum Gasteiger partial charge on any atom is -0.467 e. The van der Waals surface area contributed by atoms with Crippen molar-refractivity contribution < 1.29 is 18.8 Å². The molecule has 30 heavy (non-hydrogen) atoms. The minimum atomic E-state index is -0.252. The van der Waals surface area contributed by atoms with Crippen molar-refractivity contribution in [3.05, 3.63) is 53.4 Å². The van der Waals surface area contributed by atoms with Crippen LogP contribution in [-0.2, 0) is 20.9 Å². The van der Waals surface area contributed by atoms with E-state index in [9.17, 15) is 14.4 Å². The van der Waals surface area contributed by atoms with Gasteiger partial charge in [0.15, 0.2) is 0 Å². The number of halogens is 1. The average Bonchev–Trinajstić information content (AvgIpc) is 3.50. The number of nitrogens with zero attached hydrogens (tertiary/aromatic N) is 3. The molecule has 1 aromatic heterocycles. The largest absolute Gasteiger partial charge is 0.467 e. The van der Waals surface area contributed by atoms with E-state index in [0.717, 1.165) is 25.7 Å². The molecule has 158 valence electrons. The molecule has 1 aromatic carbocycles. The first-order valence-corrected chi connectivity index (χ1v) is 10.5. The van der Waals surface area contributed by atoms with Crippen LogP contribution in [0.2, 0.25) is 5.02 Å². The lowest BCUT2D eigenvalue weighted by atomic mass is 10.1. The lowest BCUT2D eigenvalue weighted by molar-refractivity contribution is -0.143. The highest BCUT2D eigenvalue weighted by Gasteiger charge is 2.34. The summed E-state index contributed by atoms with van der Waals surface area (Å²) in [4.78, 5) is 43.1. The van der Waals surface area contributed by atoms with E-state index in [-0.39, 0.29) is 49.9 Å². The van der Waals surface area contributed by atoms with Gasteiger partial charge in [0.05, 0.1) is 12.8 Å². The van der Waals surface area contributed by atoms with Crippen molar-refractivity contribution in [3.63, 3.8) is 0 Å². The second kappa shape index (κ2) is 8.92. The van der Waals surface area contributed by atoms with Gasteiger partial charge >= 0.3 is 0 Å². The maximum absolute atomic E-state index is 13.0. The van der Waals surface area contributed by atoms with Gasteiger partial charge in [0, 0.05) is 16.6 Å². The number of anilines is 1. The van der Waals surface area contributed by atoms with Gasteiger partial charge in [0.2, 0.25) is 17.7 Å². The maximum atomic E-state index is 13.0. The third kappa shape index (κ3) is 4.51. The zero-order valence-corrected chi connectivity index (χ0v) is 17.4. The van der Waals surface area contributed by atoms with E-state index in [2.05, 4.69) is 0 Å². The minimum absolute atomic E-state index is 0.00628. The van der Waals surface area contributed by atoms with Crippen molar-refractivity contribution in [2.24, 2.45) is 5.92 Å². The van der Waals surface area contributed by atoms with E-state index >= 15 is 0 Å². The molecule has 0 unspecified atom stereocenters. The van der Waals surface area contributed by atoms with Crippen LogP contribution in [0, 0.1) is 5.92 Å². The Morgan fingerprint density at radius 1 is 1.13 bits per heavy atom. The quantitative estimate of drug-likeness (QED) is 0.706. The van der Waals surface area contributed by atoms with Gasteiger partial charge in [-0.25, -0.2) is 0 Å². The second-order valence-electron chi connectivity index (χ2n) is 7.79. The predicted octanol–water partition coefficient (Wildman–Crippen LogP) is 3.28. The lowest BCUT2D eigenvalue weighted by Crippen LogP contribution is -2.44. The van der Waals surface area contributed by atoms with E-state index in [1.807, 2.05) is 0 Å². The van der Waals surface area contributed by atoms with E-state index in [4.69, 9.17) is 16.0 Å². The fraction of sp³-hybridized carbons (Fsp3) is 0.409. The van der Waals surface area contributed by atoms with E-state index in [1.165, 1.54) is 4.90 Å². The molecule has 2 aliphatic rings. The summed E-state index contributed by atoms with van der Waals surface area (Å²) in [5, 5.41) is 0.581. The Hall–Kier alpha value is -2.80. The number of hydrogen-bond acceptors (Lipinski definition) is 4. The number of carbonyl (C=O) groups is 3. The van der Waals surface area contributed by atoms with Crippen LogP contribution < -0.4 is 4.90 Å². The Morgan fingerprint density at radius 2 is 1.87 bits per heavy atom. The first-order valence-electron chi connectivity index (χ1n) is 10.2. The van der Waals surface area contributed by atoms with Crippen molar-refractivity contribution >= 4 is 35.0 Å². The molecule has 1 saturated heterocycles. The smallest absolute Gasteiger partial charge is 0.248 e. The molecule has 2 aromatic rings. The normalized spacial score (nSPS) is 17.0. The molecule has 1 aliphatic heterocycles. The zero-order valence-electron chi connectivity index (χ0n) is 16.6. The Labute approximate surface area is 180 Å². The zero-order chi connectivity index (χ0) is 21.1. The summed E-state index contributed by atoms with van der Waals surface area (Å²) in [6.07, 6.45) is 5.34. The number of furan rings is 1. The topological polar surface area (TPSA) is 74.1 Å². The maximum Gasteiger partial charge on any atom is 0.248 e. The summed E-state index contributed by atoms with van der Waals surface area (Å²) in [6.45, 7) is 0.327. The van der Waals surface area contributed by atoms with Crippen LogP contribution in [0.5, 0.6) is 0 Å². The summed E-state index contributed by atoms with van der Waals surface area (Å²) < 4.78 is 5.39. The summed E-state index contributed by atoms with van der Waals surface area (Å²) in [7, 11) is 0.